The van der Waals surface area contributed by atoms with Crippen molar-refractivity contribution < 1.29 is 33.5 Å². The first kappa shape index (κ1) is 41.4. The van der Waals surface area contributed by atoms with Gasteiger partial charge in [-0.2, -0.15) is 0 Å². The van der Waals surface area contributed by atoms with Crippen LogP contribution in [0.1, 0.15) is 93.1 Å². The van der Waals surface area contributed by atoms with Gasteiger partial charge in [0.1, 0.15) is 14.2 Å². The maximum Gasteiger partial charge on any atom is 0.367 e. The molecule has 0 atom stereocenters. The van der Waals surface area contributed by atoms with E-state index in [0.717, 1.165) is 97.6 Å². The summed E-state index contributed by atoms with van der Waals surface area (Å²) in [6, 6.07) is 3.28. The second kappa shape index (κ2) is 19.0. The van der Waals surface area contributed by atoms with Gasteiger partial charge in [0.15, 0.2) is 43.5 Å². The lowest BCUT2D eigenvalue weighted by atomic mass is 9.96. The van der Waals surface area contributed by atoms with Gasteiger partial charge in [-0.3, -0.25) is 30.5 Å². The fourth-order valence-corrected chi connectivity index (χ4v) is 10.7. The number of anilines is 4. The number of amides is 4. The summed E-state index contributed by atoms with van der Waals surface area (Å²) < 4.78 is 5.77. The number of aromatic amines is 2. The molecule has 0 aromatic carbocycles. The van der Waals surface area contributed by atoms with Crippen LogP contribution in [0.25, 0.3) is 0 Å². The second-order valence-corrected chi connectivity index (χ2v) is 18.2. The molecule has 6 heterocycles. The maximum absolute atomic E-state index is 13.7. The number of esters is 2. The minimum Gasteiger partial charge on any atom is -0.383 e. The van der Waals surface area contributed by atoms with Crippen LogP contribution >= 0.6 is 46.2 Å². The van der Waals surface area contributed by atoms with E-state index in [2.05, 4.69) is 61.1 Å². The number of hydrogen-bond donors (Lipinski definition) is 6. The number of imidazole rings is 2. The monoisotopic (exact) mass is 898 g/mol. The van der Waals surface area contributed by atoms with Gasteiger partial charge < -0.3 is 20.0 Å². The largest absolute Gasteiger partial charge is 0.383 e. The molecular formula is C38H34N12O7S4. The third-order valence-corrected chi connectivity index (χ3v) is 13.7. The number of ether oxygens (including phenoxy) is 1. The molecule has 6 aromatic heterocycles. The third-order valence-electron chi connectivity index (χ3n) is 9.62. The molecule has 2 aliphatic carbocycles. The summed E-state index contributed by atoms with van der Waals surface area (Å²) >= 11 is 3.86. The van der Waals surface area contributed by atoms with Crippen LogP contribution in [-0.4, -0.2) is 75.4 Å². The Kier molecular flexibility index (Phi) is 12.9. The van der Waals surface area contributed by atoms with E-state index in [4.69, 9.17) is 4.74 Å². The van der Waals surface area contributed by atoms with Crippen LogP contribution in [0.15, 0.2) is 80.3 Å². The van der Waals surface area contributed by atoms with Crippen molar-refractivity contribution in [2.45, 2.75) is 70.1 Å². The average Bonchev–Trinajstić information content (AvgIpc) is 4.11. The molecule has 2 fully saturated rings. The molecule has 6 N–H and O–H groups in total. The average molecular weight is 899 g/mol. The van der Waals surface area contributed by atoms with Gasteiger partial charge in [-0.1, -0.05) is 48.4 Å². The zero-order valence-corrected chi connectivity index (χ0v) is 35.0. The molecule has 4 amide bonds. The number of nitrogens with zero attached hydrogens (tertiary/aromatic N) is 6. The highest BCUT2D eigenvalue weighted by Crippen LogP contribution is 2.39. The highest BCUT2D eigenvalue weighted by molar-refractivity contribution is 8.01. The number of pyridine rings is 2. The Morgan fingerprint density at radius 1 is 0.639 bits per heavy atom. The van der Waals surface area contributed by atoms with Gasteiger partial charge in [0.25, 0.3) is 0 Å². The number of nitrogens with one attached hydrogen (secondary N) is 6. The molecular weight excluding hydrogens is 865 g/mol. The van der Waals surface area contributed by atoms with Crippen molar-refractivity contribution in [3.63, 3.8) is 0 Å². The normalized spacial score (nSPS) is 14.1. The summed E-state index contributed by atoms with van der Waals surface area (Å²) in [5, 5.41) is 11.2. The standard InChI is InChI=1S/C38H34N12O7S4/c51-26(19-6-1-2-7-19)21-11-13-39-18-23(21)45-33(55)49-37-46-24(31(60-37)58-35-41-14-15-42-35)29(53)57-30(54)25-32(59-36-43-16-17-44-36)61-38(47-25)50-34(56)48-28-22(10-5-12-40-28)27(52)20-8-3-4-9-20/h5,10-20H,1-4,6-9H2,(H,41,42)(H,43,44)(H2,45,46,49,55)(H2,40,47,48,50,56). The molecule has 6 aromatic rings. The molecule has 0 saturated heterocycles. The van der Waals surface area contributed by atoms with E-state index in [-0.39, 0.29) is 65.0 Å². The predicted molar refractivity (Wildman–Crippen MR) is 226 cm³/mol. The summed E-state index contributed by atoms with van der Waals surface area (Å²) in [5.41, 5.74) is 0.238. The maximum atomic E-state index is 13.7. The van der Waals surface area contributed by atoms with E-state index in [9.17, 15) is 28.8 Å². The molecule has 312 valence electrons. The molecule has 0 aliphatic heterocycles. The molecule has 23 heteroatoms. The number of H-pyrrole nitrogens is 2. The van der Waals surface area contributed by atoms with E-state index in [0.29, 0.717) is 21.4 Å². The molecule has 0 unspecified atom stereocenters. The van der Waals surface area contributed by atoms with Crippen LogP contribution in [0.4, 0.5) is 31.4 Å². The van der Waals surface area contributed by atoms with Gasteiger partial charge in [-0.25, -0.2) is 44.1 Å². The van der Waals surface area contributed by atoms with E-state index in [1.165, 1.54) is 31.0 Å². The molecule has 2 saturated carbocycles. The highest BCUT2D eigenvalue weighted by atomic mass is 32.2. The van der Waals surface area contributed by atoms with Gasteiger partial charge in [0, 0.05) is 54.6 Å². The number of rotatable bonds is 14. The van der Waals surface area contributed by atoms with Crippen molar-refractivity contribution in [1.82, 2.24) is 39.9 Å². The van der Waals surface area contributed by atoms with E-state index >= 15 is 0 Å². The first-order chi connectivity index (χ1) is 29.7. The van der Waals surface area contributed by atoms with Crippen LogP contribution in [0.3, 0.4) is 0 Å². The SMILES string of the molecule is O=C(Nc1nc(C(=O)OC(=O)c2nc(NC(=O)Nc3ncccc3C(=O)C3CCCC3)sc2Sc2ncc[nH]2)c(Sc2ncc[nH]2)s1)Nc1cnccc1C(=O)C1CCCC1. The number of carbonyl (C=O) groups is 6. The van der Waals surface area contributed by atoms with Crippen LogP contribution in [0.2, 0.25) is 0 Å². The summed E-state index contributed by atoms with van der Waals surface area (Å²) in [6.45, 7) is 0. The lowest BCUT2D eigenvalue weighted by Crippen LogP contribution is -2.23. The Balaban J connectivity index is 0.988. The van der Waals surface area contributed by atoms with Crippen LogP contribution in [-0.2, 0) is 4.74 Å². The Hall–Kier alpha value is -6.30. The topological polar surface area (TPSA) is 269 Å². The van der Waals surface area contributed by atoms with Gasteiger partial charge in [-0.05, 0) is 67.4 Å². The van der Waals surface area contributed by atoms with Crippen molar-refractivity contribution in [3.8, 4) is 0 Å². The number of Topliss-reactive ketones (excluding diaryl/α,β-unsaturated/α-hetero) is 2. The fourth-order valence-electron chi connectivity index (χ4n) is 6.80. The predicted octanol–water partition coefficient (Wildman–Crippen LogP) is 8.17. The van der Waals surface area contributed by atoms with Crippen molar-refractivity contribution in [1.29, 1.82) is 0 Å². The zero-order chi connectivity index (χ0) is 42.3. The number of carbonyl (C=O) groups excluding carboxylic acids is 6. The number of hydrogen-bond acceptors (Lipinski definition) is 17. The zero-order valence-electron chi connectivity index (χ0n) is 31.8. The van der Waals surface area contributed by atoms with Crippen molar-refractivity contribution >= 4 is 104 Å². The first-order valence-corrected chi connectivity index (χ1v) is 22.2. The molecule has 2 aliphatic rings. The quantitative estimate of drug-likeness (QED) is 0.0342. The van der Waals surface area contributed by atoms with Crippen molar-refractivity contribution in [2.24, 2.45) is 11.8 Å². The lowest BCUT2D eigenvalue weighted by molar-refractivity contribution is 0.0385. The number of aromatic nitrogens is 8. The van der Waals surface area contributed by atoms with E-state index in [1.807, 2.05) is 0 Å². The molecule has 0 radical (unpaired) electrons. The van der Waals surface area contributed by atoms with Crippen molar-refractivity contribution in [2.75, 3.05) is 21.3 Å². The van der Waals surface area contributed by atoms with Crippen LogP contribution in [0.5, 0.6) is 0 Å². The highest BCUT2D eigenvalue weighted by Gasteiger charge is 2.31. The van der Waals surface area contributed by atoms with Gasteiger partial charge in [0.2, 0.25) is 0 Å². The third kappa shape index (κ3) is 10.0. The minimum absolute atomic E-state index is 0.0280. The lowest BCUT2D eigenvalue weighted by Gasteiger charge is -2.13. The molecule has 19 nitrogen and oxygen atoms in total. The van der Waals surface area contributed by atoms with Crippen LogP contribution in [0, 0.1) is 11.8 Å². The number of thiazole rings is 2. The fraction of sp³-hybridized carbons (Fsp3) is 0.263. The summed E-state index contributed by atoms with van der Waals surface area (Å²) in [4.78, 5) is 111. The van der Waals surface area contributed by atoms with Crippen LogP contribution < -0.4 is 21.3 Å². The van der Waals surface area contributed by atoms with Gasteiger partial charge in [-0.15, -0.1) is 0 Å². The Bertz CT molecular complexity index is 2410. The van der Waals surface area contributed by atoms with Gasteiger partial charge >= 0.3 is 24.0 Å². The smallest absolute Gasteiger partial charge is 0.367 e. The number of ketones is 2. The second-order valence-electron chi connectivity index (χ2n) is 13.7. The van der Waals surface area contributed by atoms with Crippen molar-refractivity contribution in [3.05, 3.63) is 84.1 Å². The first-order valence-electron chi connectivity index (χ1n) is 18.9. The molecule has 0 spiro atoms. The minimum atomic E-state index is -1.16. The Labute approximate surface area is 362 Å². The summed E-state index contributed by atoms with van der Waals surface area (Å²) in [6.07, 6.45) is 17.5. The molecule has 8 rings (SSSR count). The summed E-state index contributed by atoms with van der Waals surface area (Å²) in [5.74, 6) is -2.67. The Morgan fingerprint density at radius 2 is 1.18 bits per heavy atom. The molecule has 61 heavy (non-hydrogen) atoms. The van der Waals surface area contributed by atoms with Gasteiger partial charge in [0.05, 0.1) is 17.4 Å². The molecule has 0 bridgehead atoms. The number of urea groups is 2. The van der Waals surface area contributed by atoms with E-state index < -0.39 is 24.0 Å². The summed E-state index contributed by atoms with van der Waals surface area (Å²) in [7, 11) is 0. The Morgan fingerprint density at radius 3 is 1.72 bits per heavy atom. The van der Waals surface area contributed by atoms with E-state index in [1.54, 1.807) is 30.6 Å².